The first-order valence-electron chi connectivity index (χ1n) is 6.89. The van der Waals surface area contributed by atoms with Gasteiger partial charge in [-0.25, -0.2) is 0 Å². The van der Waals surface area contributed by atoms with Crippen molar-refractivity contribution in [3.63, 3.8) is 0 Å². The topological polar surface area (TPSA) is 30.0 Å². The molecule has 0 aliphatic rings. The van der Waals surface area contributed by atoms with Gasteiger partial charge in [0.2, 0.25) is 0 Å². The van der Waals surface area contributed by atoms with Crippen molar-refractivity contribution in [2.24, 2.45) is 0 Å². The third-order valence-electron chi connectivity index (χ3n) is 3.03. The number of hydrogen-bond acceptors (Lipinski definition) is 2. The zero-order valence-corrected chi connectivity index (χ0v) is 12.7. The molecule has 1 aromatic rings. The molecule has 0 N–H and O–H groups in total. The summed E-state index contributed by atoms with van der Waals surface area (Å²) < 4.78 is 0.804. The molecule has 0 saturated heterocycles. The second kappa shape index (κ2) is 9.26. The Hall–Kier alpha value is -0.700. The van der Waals surface area contributed by atoms with E-state index >= 15 is 0 Å². The van der Waals surface area contributed by atoms with Crippen LogP contribution in [0.4, 0.5) is 0 Å². The third-order valence-corrected chi connectivity index (χ3v) is 3.67. The number of carbonyl (C=O) groups excluding carboxylic acids is 1. The van der Waals surface area contributed by atoms with E-state index in [1.165, 1.54) is 32.1 Å². The second-order valence-corrected chi connectivity index (χ2v) is 5.48. The molecule has 3 heteroatoms. The average molecular weight is 312 g/mol. The molecule has 1 aromatic heterocycles. The quantitative estimate of drug-likeness (QED) is 0.465. The molecule has 1 heterocycles. The molecule has 1 rings (SSSR count). The van der Waals surface area contributed by atoms with E-state index in [1.54, 1.807) is 6.20 Å². The summed E-state index contributed by atoms with van der Waals surface area (Å²) in [4.78, 5) is 16.0. The van der Waals surface area contributed by atoms with Crippen LogP contribution in [0.2, 0.25) is 0 Å². The van der Waals surface area contributed by atoms with E-state index in [2.05, 4.69) is 27.8 Å². The maximum atomic E-state index is 11.9. The fourth-order valence-corrected chi connectivity index (χ4v) is 2.43. The lowest BCUT2D eigenvalue weighted by Gasteiger charge is -2.03. The van der Waals surface area contributed by atoms with Crippen LogP contribution in [0.1, 0.15) is 68.8 Å². The van der Waals surface area contributed by atoms with Crippen LogP contribution < -0.4 is 0 Å². The van der Waals surface area contributed by atoms with Gasteiger partial charge in [-0.05, 0) is 34.5 Å². The van der Waals surface area contributed by atoms with Crippen molar-refractivity contribution < 1.29 is 4.79 Å². The summed E-state index contributed by atoms with van der Waals surface area (Å²) in [5.41, 5.74) is 0.573. The van der Waals surface area contributed by atoms with Crippen molar-refractivity contribution >= 4 is 21.7 Å². The first kappa shape index (κ1) is 15.4. The highest BCUT2D eigenvalue weighted by Crippen LogP contribution is 2.17. The minimum atomic E-state index is 0.149. The lowest BCUT2D eigenvalue weighted by molar-refractivity contribution is 0.0973. The van der Waals surface area contributed by atoms with Gasteiger partial charge in [0.25, 0.3) is 0 Å². The summed E-state index contributed by atoms with van der Waals surface area (Å²) in [5, 5.41) is 0. The van der Waals surface area contributed by atoms with E-state index in [9.17, 15) is 4.79 Å². The van der Waals surface area contributed by atoms with Crippen LogP contribution in [0.25, 0.3) is 0 Å². The Bertz CT molecular complexity index is 365. The molecule has 0 fully saturated rings. The summed E-state index contributed by atoms with van der Waals surface area (Å²) in [6, 6.07) is 3.69. The molecule has 0 unspecified atom stereocenters. The molecule has 0 saturated carbocycles. The van der Waals surface area contributed by atoms with Gasteiger partial charge in [-0.2, -0.15) is 0 Å². The summed E-state index contributed by atoms with van der Waals surface area (Å²) in [5.74, 6) is 0.149. The SMILES string of the molecule is CCCCCCCCCC(=O)c1ncccc1Br. The van der Waals surface area contributed by atoms with E-state index in [0.29, 0.717) is 12.1 Å². The zero-order valence-electron chi connectivity index (χ0n) is 11.1. The maximum Gasteiger partial charge on any atom is 0.182 e. The summed E-state index contributed by atoms with van der Waals surface area (Å²) >= 11 is 3.36. The molecular formula is C15H22BrNO. The van der Waals surface area contributed by atoms with Gasteiger partial charge in [-0.3, -0.25) is 9.78 Å². The van der Waals surface area contributed by atoms with E-state index in [-0.39, 0.29) is 5.78 Å². The number of carbonyl (C=O) groups is 1. The number of rotatable bonds is 9. The molecule has 100 valence electrons. The number of aromatic nitrogens is 1. The monoisotopic (exact) mass is 311 g/mol. The van der Waals surface area contributed by atoms with Crippen LogP contribution in [-0.2, 0) is 0 Å². The molecule has 0 bridgehead atoms. The molecule has 0 aliphatic carbocycles. The van der Waals surface area contributed by atoms with Crippen molar-refractivity contribution in [1.29, 1.82) is 0 Å². The van der Waals surface area contributed by atoms with E-state index < -0.39 is 0 Å². The number of unbranched alkanes of at least 4 members (excludes halogenated alkanes) is 6. The number of halogens is 1. The molecular weight excluding hydrogens is 290 g/mol. The van der Waals surface area contributed by atoms with Crippen LogP contribution >= 0.6 is 15.9 Å². The van der Waals surface area contributed by atoms with Crippen LogP contribution in [0.5, 0.6) is 0 Å². The average Bonchev–Trinajstić information content (AvgIpc) is 2.38. The van der Waals surface area contributed by atoms with Crippen LogP contribution in [0, 0.1) is 0 Å². The Kier molecular flexibility index (Phi) is 7.90. The smallest absolute Gasteiger partial charge is 0.182 e. The predicted molar refractivity (Wildman–Crippen MR) is 78.9 cm³/mol. The number of ketones is 1. The van der Waals surface area contributed by atoms with Crippen LogP contribution in [0.3, 0.4) is 0 Å². The van der Waals surface area contributed by atoms with Crippen molar-refractivity contribution in [3.05, 3.63) is 28.5 Å². The van der Waals surface area contributed by atoms with Crippen LogP contribution in [0.15, 0.2) is 22.8 Å². The highest BCUT2D eigenvalue weighted by atomic mass is 79.9. The van der Waals surface area contributed by atoms with Gasteiger partial charge in [0.15, 0.2) is 5.78 Å². The van der Waals surface area contributed by atoms with E-state index in [4.69, 9.17) is 0 Å². The molecule has 0 radical (unpaired) electrons. The first-order chi connectivity index (χ1) is 8.75. The Balaban J connectivity index is 2.16. The summed E-state index contributed by atoms with van der Waals surface area (Å²) in [7, 11) is 0. The van der Waals surface area contributed by atoms with Crippen molar-refractivity contribution in [2.75, 3.05) is 0 Å². The largest absolute Gasteiger partial charge is 0.292 e. The lowest BCUT2D eigenvalue weighted by Crippen LogP contribution is -2.02. The van der Waals surface area contributed by atoms with Crippen molar-refractivity contribution in [2.45, 2.75) is 58.3 Å². The molecule has 0 aromatic carbocycles. The molecule has 2 nitrogen and oxygen atoms in total. The summed E-state index contributed by atoms with van der Waals surface area (Å²) in [6.07, 6.45) is 10.9. The number of hydrogen-bond donors (Lipinski definition) is 0. The molecule has 0 atom stereocenters. The van der Waals surface area contributed by atoms with Gasteiger partial charge in [0, 0.05) is 17.1 Å². The molecule has 18 heavy (non-hydrogen) atoms. The minimum absolute atomic E-state index is 0.149. The van der Waals surface area contributed by atoms with Crippen molar-refractivity contribution in [3.8, 4) is 0 Å². The Morgan fingerprint density at radius 2 is 1.83 bits per heavy atom. The Morgan fingerprint density at radius 3 is 2.50 bits per heavy atom. The van der Waals surface area contributed by atoms with Gasteiger partial charge in [0.1, 0.15) is 5.69 Å². The van der Waals surface area contributed by atoms with Gasteiger partial charge >= 0.3 is 0 Å². The Labute approximate surface area is 118 Å². The molecule has 0 amide bonds. The Morgan fingerprint density at radius 1 is 1.17 bits per heavy atom. The fourth-order valence-electron chi connectivity index (χ4n) is 1.95. The third kappa shape index (κ3) is 5.76. The second-order valence-electron chi connectivity index (χ2n) is 4.63. The van der Waals surface area contributed by atoms with Crippen molar-refractivity contribution in [1.82, 2.24) is 4.98 Å². The number of pyridine rings is 1. The highest BCUT2D eigenvalue weighted by molar-refractivity contribution is 9.10. The highest BCUT2D eigenvalue weighted by Gasteiger charge is 2.10. The van der Waals surface area contributed by atoms with E-state index in [0.717, 1.165) is 17.3 Å². The van der Waals surface area contributed by atoms with Crippen LogP contribution in [-0.4, -0.2) is 10.8 Å². The van der Waals surface area contributed by atoms with Gasteiger partial charge in [-0.1, -0.05) is 45.4 Å². The fraction of sp³-hybridized carbons (Fsp3) is 0.600. The molecule has 0 aliphatic heterocycles. The minimum Gasteiger partial charge on any atom is -0.292 e. The molecule has 0 spiro atoms. The van der Waals surface area contributed by atoms with E-state index in [1.807, 2.05) is 12.1 Å². The number of nitrogens with zero attached hydrogens (tertiary/aromatic N) is 1. The lowest BCUT2D eigenvalue weighted by atomic mass is 10.1. The number of Topliss-reactive ketones (excluding diaryl/α,β-unsaturated/α-hetero) is 1. The standard InChI is InChI=1S/C15H22BrNO/c1-2-3-4-5-6-7-8-11-14(18)15-13(16)10-9-12-17-15/h9-10,12H,2-8,11H2,1H3. The first-order valence-corrected chi connectivity index (χ1v) is 7.68. The zero-order chi connectivity index (χ0) is 13.2. The maximum absolute atomic E-state index is 11.9. The van der Waals surface area contributed by atoms with Gasteiger partial charge in [0.05, 0.1) is 0 Å². The summed E-state index contributed by atoms with van der Waals surface area (Å²) in [6.45, 7) is 2.23. The normalized spacial score (nSPS) is 10.6. The predicted octanol–water partition coefficient (Wildman–Crippen LogP) is 5.17. The van der Waals surface area contributed by atoms with Gasteiger partial charge < -0.3 is 0 Å². The van der Waals surface area contributed by atoms with Gasteiger partial charge in [-0.15, -0.1) is 0 Å².